The monoisotopic (exact) mass is 188 g/mol. The third kappa shape index (κ3) is 1.95. The van der Waals surface area contributed by atoms with E-state index in [2.05, 4.69) is 9.97 Å². The van der Waals surface area contributed by atoms with Crippen molar-refractivity contribution in [3.63, 3.8) is 0 Å². The fourth-order valence-electron chi connectivity index (χ4n) is 0.808. The number of hydrogen-bond donors (Lipinski definition) is 1. The van der Waals surface area contributed by atoms with E-state index in [9.17, 15) is 13.6 Å². The van der Waals surface area contributed by atoms with Gasteiger partial charge in [0.1, 0.15) is 5.69 Å². The predicted molar refractivity (Wildman–Crippen MR) is 38.7 cm³/mol. The number of nitrogens with zero attached hydrogens (tertiary/aromatic N) is 2. The molecule has 0 radical (unpaired) electrons. The zero-order chi connectivity index (χ0) is 10.0. The number of carboxylic acids is 1. The second-order valence-corrected chi connectivity index (χ2v) is 2.33. The number of aryl methyl sites for hydroxylation is 1. The summed E-state index contributed by atoms with van der Waals surface area (Å²) in [5.74, 6) is -1.28. The molecule has 13 heavy (non-hydrogen) atoms. The Labute approximate surface area is 72.3 Å². The molecule has 1 aromatic rings. The molecule has 70 valence electrons. The number of aromatic carboxylic acids is 1. The van der Waals surface area contributed by atoms with Crippen molar-refractivity contribution in [2.45, 2.75) is 13.3 Å². The van der Waals surface area contributed by atoms with E-state index >= 15 is 0 Å². The Morgan fingerprint density at radius 3 is 2.62 bits per heavy atom. The van der Waals surface area contributed by atoms with Crippen molar-refractivity contribution in [2.24, 2.45) is 0 Å². The summed E-state index contributed by atoms with van der Waals surface area (Å²) in [7, 11) is 0. The normalized spacial score (nSPS) is 10.5. The number of rotatable bonds is 2. The van der Waals surface area contributed by atoms with Gasteiger partial charge in [0.05, 0.1) is 11.9 Å². The van der Waals surface area contributed by atoms with Gasteiger partial charge in [0.15, 0.2) is 5.69 Å². The molecule has 0 fully saturated rings. The van der Waals surface area contributed by atoms with E-state index in [1.165, 1.54) is 6.92 Å². The molecule has 0 aliphatic rings. The third-order valence-electron chi connectivity index (χ3n) is 1.41. The van der Waals surface area contributed by atoms with E-state index in [1.807, 2.05) is 0 Å². The average Bonchev–Trinajstić information content (AvgIpc) is 2.03. The van der Waals surface area contributed by atoms with Gasteiger partial charge in [0, 0.05) is 0 Å². The molecular weight excluding hydrogens is 182 g/mol. The van der Waals surface area contributed by atoms with Crippen molar-refractivity contribution >= 4 is 5.97 Å². The second-order valence-electron chi connectivity index (χ2n) is 2.33. The summed E-state index contributed by atoms with van der Waals surface area (Å²) in [4.78, 5) is 17.1. The van der Waals surface area contributed by atoms with Crippen LogP contribution in [-0.2, 0) is 0 Å². The van der Waals surface area contributed by atoms with Crippen LogP contribution in [0.2, 0.25) is 0 Å². The smallest absolute Gasteiger partial charge is 0.356 e. The third-order valence-corrected chi connectivity index (χ3v) is 1.41. The maximum Gasteiger partial charge on any atom is 0.356 e. The lowest BCUT2D eigenvalue weighted by Gasteiger charge is -2.02. The standard InChI is InChI=1S/C7H6F2N2O2/c1-3-5(6(8)9)10-2-4(11-3)7(12)13/h2,6H,1H3,(H,12,13). The van der Waals surface area contributed by atoms with Crippen molar-refractivity contribution in [3.05, 3.63) is 23.3 Å². The second kappa shape index (κ2) is 3.42. The van der Waals surface area contributed by atoms with Crippen LogP contribution in [0.15, 0.2) is 6.20 Å². The molecule has 1 aromatic heterocycles. The molecule has 0 saturated carbocycles. The molecule has 0 aliphatic carbocycles. The average molecular weight is 188 g/mol. The Morgan fingerprint density at radius 1 is 1.62 bits per heavy atom. The molecule has 1 N–H and O–H groups in total. The Bertz CT molecular complexity index is 341. The zero-order valence-corrected chi connectivity index (χ0v) is 6.66. The highest BCUT2D eigenvalue weighted by atomic mass is 19.3. The summed E-state index contributed by atoms with van der Waals surface area (Å²) in [5.41, 5.74) is -0.873. The topological polar surface area (TPSA) is 63.1 Å². The van der Waals surface area contributed by atoms with Crippen LogP contribution in [0.3, 0.4) is 0 Å². The van der Waals surface area contributed by atoms with E-state index in [0.29, 0.717) is 0 Å². The van der Waals surface area contributed by atoms with Gasteiger partial charge < -0.3 is 5.11 Å². The van der Waals surface area contributed by atoms with Crippen LogP contribution in [0.1, 0.15) is 28.3 Å². The van der Waals surface area contributed by atoms with Crippen molar-refractivity contribution in [2.75, 3.05) is 0 Å². The highest BCUT2D eigenvalue weighted by molar-refractivity contribution is 5.84. The van der Waals surface area contributed by atoms with Gasteiger partial charge >= 0.3 is 5.97 Å². The van der Waals surface area contributed by atoms with Crippen LogP contribution in [0.4, 0.5) is 8.78 Å². The van der Waals surface area contributed by atoms with Crippen molar-refractivity contribution in [1.29, 1.82) is 0 Å². The summed E-state index contributed by atoms with van der Waals surface area (Å²) >= 11 is 0. The zero-order valence-electron chi connectivity index (χ0n) is 6.66. The van der Waals surface area contributed by atoms with E-state index < -0.39 is 18.1 Å². The van der Waals surface area contributed by atoms with Crippen LogP contribution >= 0.6 is 0 Å². The molecule has 1 heterocycles. The molecule has 1 rings (SSSR count). The van der Waals surface area contributed by atoms with Crippen molar-refractivity contribution in [3.8, 4) is 0 Å². The summed E-state index contributed by atoms with van der Waals surface area (Å²) in [5, 5.41) is 8.45. The molecule has 0 bridgehead atoms. The van der Waals surface area contributed by atoms with Crippen molar-refractivity contribution in [1.82, 2.24) is 9.97 Å². The maximum absolute atomic E-state index is 12.1. The highest BCUT2D eigenvalue weighted by Gasteiger charge is 2.15. The van der Waals surface area contributed by atoms with Crippen molar-refractivity contribution < 1.29 is 18.7 Å². The summed E-state index contributed by atoms with van der Waals surface area (Å²) < 4.78 is 24.2. The first kappa shape index (κ1) is 9.50. The minimum absolute atomic E-state index is 0.0603. The summed E-state index contributed by atoms with van der Waals surface area (Å²) in [6, 6.07) is 0. The Morgan fingerprint density at radius 2 is 2.23 bits per heavy atom. The van der Waals surface area contributed by atoms with Gasteiger partial charge in [-0.25, -0.2) is 18.6 Å². The van der Waals surface area contributed by atoms with Crippen LogP contribution < -0.4 is 0 Å². The molecule has 6 heteroatoms. The molecule has 0 amide bonds. The minimum atomic E-state index is -2.73. The van der Waals surface area contributed by atoms with Gasteiger partial charge in [0.25, 0.3) is 6.43 Å². The van der Waals surface area contributed by atoms with Crippen LogP contribution in [-0.4, -0.2) is 21.0 Å². The molecule has 0 saturated heterocycles. The lowest BCUT2D eigenvalue weighted by atomic mass is 10.3. The number of hydrogen-bond acceptors (Lipinski definition) is 3. The Balaban J connectivity index is 3.13. The van der Waals surface area contributed by atoms with Crippen LogP contribution in [0.5, 0.6) is 0 Å². The minimum Gasteiger partial charge on any atom is -0.476 e. The largest absolute Gasteiger partial charge is 0.476 e. The molecular formula is C7H6F2N2O2. The summed E-state index contributed by atoms with van der Waals surface area (Å²) in [6.45, 7) is 1.29. The lowest BCUT2D eigenvalue weighted by molar-refractivity contribution is 0.0688. The number of alkyl halides is 2. The van der Waals surface area contributed by atoms with Crippen LogP contribution in [0, 0.1) is 6.92 Å². The maximum atomic E-state index is 12.1. The first-order valence-corrected chi connectivity index (χ1v) is 3.37. The number of halogens is 2. The molecule has 0 unspecified atom stereocenters. The quantitative estimate of drug-likeness (QED) is 0.762. The SMILES string of the molecule is Cc1nc(C(=O)O)cnc1C(F)F. The number of carboxylic acid groups (broad SMARTS) is 1. The molecule has 0 atom stereocenters. The van der Waals surface area contributed by atoms with Crippen LogP contribution in [0.25, 0.3) is 0 Å². The van der Waals surface area contributed by atoms with Gasteiger partial charge in [-0.1, -0.05) is 0 Å². The number of aromatic nitrogens is 2. The number of carbonyl (C=O) groups is 1. The predicted octanol–water partition coefficient (Wildman–Crippen LogP) is 1.42. The van der Waals surface area contributed by atoms with Gasteiger partial charge in [-0.05, 0) is 6.92 Å². The Kier molecular flexibility index (Phi) is 2.50. The highest BCUT2D eigenvalue weighted by Crippen LogP contribution is 2.18. The van der Waals surface area contributed by atoms with E-state index in [-0.39, 0.29) is 11.4 Å². The summed E-state index contributed by atoms with van der Waals surface area (Å²) in [6.07, 6.45) is -1.91. The first-order valence-electron chi connectivity index (χ1n) is 3.37. The van der Waals surface area contributed by atoms with E-state index in [4.69, 9.17) is 5.11 Å². The van der Waals surface area contributed by atoms with Gasteiger partial charge in [-0.3, -0.25) is 4.98 Å². The molecule has 0 spiro atoms. The fraction of sp³-hybridized carbons (Fsp3) is 0.286. The van der Waals surface area contributed by atoms with Gasteiger partial charge in [-0.2, -0.15) is 0 Å². The fourth-order valence-corrected chi connectivity index (χ4v) is 0.808. The molecule has 0 aliphatic heterocycles. The van der Waals surface area contributed by atoms with E-state index in [1.54, 1.807) is 0 Å². The van der Waals surface area contributed by atoms with Gasteiger partial charge in [-0.15, -0.1) is 0 Å². The molecule has 4 nitrogen and oxygen atoms in total. The Hall–Kier alpha value is -1.59. The lowest BCUT2D eigenvalue weighted by Crippen LogP contribution is -2.06. The van der Waals surface area contributed by atoms with E-state index in [0.717, 1.165) is 6.20 Å². The van der Waals surface area contributed by atoms with Gasteiger partial charge in [0.2, 0.25) is 0 Å². The first-order chi connectivity index (χ1) is 6.02. The molecule has 0 aromatic carbocycles.